The molecule has 2 heterocycles. The summed E-state index contributed by atoms with van der Waals surface area (Å²) in [6.45, 7) is 1.52. The Morgan fingerprint density at radius 3 is 2.96 bits per heavy atom. The first kappa shape index (κ1) is 15.6. The number of nitrogens with zero attached hydrogens (tertiary/aromatic N) is 3. The molecule has 3 rings (SSSR count). The number of hydrogen-bond acceptors (Lipinski definition) is 5. The van der Waals surface area contributed by atoms with Crippen molar-refractivity contribution in [1.82, 2.24) is 19.7 Å². The van der Waals surface area contributed by atoms with Crippen molar-refractivity contribution in [3.8, 4) is 5.69 Å². The average Bonchev–Trinajstić information content (AvgIpc) is 2.91. The quantitative estimate of drug-likeness (QED) is 0.553. The summed E-state index contributed by atoms with van der Waals surface area (Å²) < 4.78 is 1.49. The monoisotopic (exact) mass is 350 g/mol. The van der Waals surface area contributed by atoms with Crippen LogP contribution >= 0.6 is 23.4 Å². The summed E-state index contributed by atoms with van der Waals surface area (Å²) in [5.41, 5.74) is 0.632. The molecule has 7 nitrogen and oxygen atoms in total. The van der Waals surface area contributed by atoms with Crippen LogP contribution in [0, 0.1) is 0 Å². The van der Waals surface area contributed by atoms with Gasteiger partial charge < -0.3 is 10.1 Å². The van der Waals surface area contributed by atoms with Gasteiger partial charge in [0.25, 0.3) is 5.56 Å². The van der Waals surface area contributed by atoms with E-state index in [9.17, 15) is 9.59 Å². The lowest BCUT2D eigenvalue weighted by Gasteiger charge is -2.06. The van der Waals surface area contributed by atoms with Crippen molar-refractivity contribution in [3.63, 3.8) is 0 Å². The molecule has 2 N–H and O–H groups in total. The number of fused-ring (bicyclic) bond motifs is 1. The van der Waals surface area contributed by atoms with Gasteiger partial charge in [-0.3, -0.25) is 9.59 Å². The Morgan fingerprint density at radius 1 is 1.48 bits per heavy atom. The van der Waals surface area contributed by atoms with Crippen LogP contribution in [0.1, 0.15) is 6.92 Å². The fourth-order valence-corrected chi connectivity index (χ4v) is 2.88. The number of aromatic nitrogens is 4. The molecule has 2 aromatic heterocycles. The van der Waals surface area contributed by atoms with Crippen LogP contribution in [0.5, 0.6) is 0 Å². The van der Waals surface area contributed by atoms with E-state index in [1.54, 1.807) is 24.3 Å². The third-order valence-electron chi connectivity index (χ3n) is 3.11. The molecule has 0 fully saturated rings. The van der Waals surface area contributed by atoms with Crippen LogP contribution < -0.4 is 5.56 Å². The molecule has 0 saturated carbocycles. The second-order valence-electron chi connectivity index (χ2n) is 4.74. The van der Waals surface area contributed by atoms with Gasteiger partial charge in [-0.2, -0.15) is 5.10 Å². The van der Waals surface area contributed by atoms with E-state index in [0.29, 0.717) is 21.7 Å². The summed E-state index contributed by atoms with van der Waals surface area (Å²) in [6, 6.07) is 6.98. The van der Waals surface area contributed by atoms with Crippen LogP contribution in [-0.2, 0) is 4.79 Å². The van der Waals surface area contributed by atoms with Crippen LogP contribution in [0.2, 0.25) is 5.02 Å². The van der Waals surface area contributed by atoms with Crippen molar-refractivity contribution >= 4 is 40.4 Å². The number of aromatic amines is 1. The molecule has 0 radical (unpaired) electrons. The lowest BCUT2D eigenvalue weighted by molar-refractivity contribution is -0.136. The summed E-state index contributed by atoms with van der Waals surface area (Å²) in [5, 5.41) is 13.5. The van der Waals surface area contributed by atoms with Gasteiger partial charge in [0.15, 0.2) is 10.8 Å². The van der Waals surface area contributed by atoms with Gasteiger partial charge in [-0.1, -0.05) is 29.4 Å². The Balaban J connectivity index is 2.13. The van der Waals surface area contributed by atoms with Crippen LogP contribution in [0.25, 0.3) is 16.7 Å². The predicted molar refractivity (Wildman–Crippen MR) is 87.5 cm³/mol. The standard InChI is InChI=1S/C14H11ClN4O3S/c1-7(13(21)22)23-14-17-11-10(12(20)18-14)6-16-19(11)9-4-2-3-8(15)5-9/h2-7H,1H3,(H,21,22)(H,17,18,20). The zero-order valence-electron chi connectivity index (χ0n) is 11.9. The summed E-state index contributed by atoms with van der Waals surface area (Å²) >= 11 is 6.94. The van der Waals surface area contributed by atoms with Crippen molar-refractivity contribution in [2.75, 3.05) is 0 Å². The van der Waals surface area contributed by atoms with Crippen LogP contribution in [0.4, 0.5) is 0 Å². The summed E-state index contributed by atoms with van der Waals surface area (Å²) in [4.78, 5) is 30.0. The maximum absolute atomic E-state index is 12.1. The van der Waals surface area contributed by atoms with Crippen molar-refractivity contribution in [3.05, 3.63) is 45.8 Å². The van der Waals surface area contributed by atoms with E-state index in [-0.39, 0.29) is 10.7 Å². The average molecular weight is 351 g/mol. The molecule has 0 aliphatic heterocycles. The van der Waals surface area contributed by atoms with Gasteiger partial charge in [-0.05, 0) is 25.1 Å². The lowest BCUT2D eigenvalue weighted by atomic mass is 10.3. The zero-order chi connectivity index (χ0) is 16.6. The van der Waals surface area contributed by atoms with Crippen LogP contribution in [0.15, 0.2) is 40.4 Å². The largest absolute Gasteiger partial charge is 0.480 e. The molecular weight excluding hydrogens is 340 g/mol. The number of hydrogen-bond donors (Lipinski definition) is 2. The summed E-state index contributed by atoms with van der Waals surface area (Å²) in [7, 11) is 0. The van der Waals surface area contributed by atoms with Gasteiger partial charge in [0.2, 0.25) is 0 Å². The van der Waals surface area contributed by atoms with E-state index in [1.165, 1.54) is 17.8 Å². The molecule has 1 aromatic carbocycles. The molecule has 0 aliphatic rings. The maximum atomic E-state index is 12.1. The van der Waals surface area contributed by atoms with Crippen LogP contribution in [-0.4, -0.2) is 36.1 Å². The number of halogens is 1. The molecule has 3 aromatic rings. The highest BCUT2D eigenvalue weighted by atomic mass is 35.5. The maximum Gasteiger partial charge on any atom is 0.316 e. The Labute approximate surface area is 139 Å². The molecule has 23 heavy (non-hydrogen) atoms. The first-order valence-corrected chi connectivity index (χ1v) is 7.85. The third-order valence-corrected chi connectivity index (χ3v) is 4.31. The number of carboxylic acids is 1. The molecule has 118 valence electrons. The number of carboxylic acid groups (broad SMARTS) is 1. The minimum absolute atomic E-state index is 0.223. The number of carbonyl (C=O) groups is 1. The molecule has 1 atom stereocenters. The SMILES string of the molecule is CC(Sc1nc2c(cnn2-c2cccc(Cl)c2)c(=O)[nH]1)C(=O)O. The normalized spacial score (nSPS) is 12.4. The molecule has 0 spiro atoms. The fourth-order valence-electron chi connectivity index (χ4n) is 1.97. The van der Waals surface area contributed by atoms with Crippen molar-refractivity contribution in [2.45, 2.75) is 17.3 Å². The Kier molecular flexibility index (Phi) is 4.10. The topological polar surface area (TPSA) is 101 Å². The molecule has 0 bridgehead atoms. The van der Waals surface area contributed by atoms with Crippen molar-refractivity contribution < 1.29 is 9.90 Å². The Morgan fingerprint density at radius 2 is 2.26 bits per heavy atom. The second kappa shape index (κ2) is 6.05. The molecule has 0 amide bonds. The van der Waals surface area contributed by atoms with Gasteiger partial charge in [-0.15, -0.1) is 0 Å². The van der Waals surface area contributed by atoms with Gasteiger partial charge >= 0.3 is 5.97 Å². The lowest BCUT2D eigenvalue weighted by Crippen LogP contribution is -2.15. The second-order valence-corrected chi connectivity index (χ2v) is 6.51. The number of aliphatic carboxylic acids is 1. The molecule has 0 aliphatic carbocycles. The third kappa shape index (κ3) is 3.08. The van der Waals surface area contributed by atoms with Gasteiger partial charge in [0, 0.05) is 5.02 Å². The number of rotatable bonds is 4. The first-order valence-electron chi connectivity index (χ1n) is 6.59. The van der Waals surface area contributed by atoms with E-state index >= 15 is 0 Å². The zero-order valence-corrected chi connectivity index (χ0v) is 13.4. The van der Waals surface area contributed by atoms with Crippen molar-refractivity contribution in [1.29, 1.82) is 0 Å². The first-order chi connectivity index (χ1) is 11.0. The smallest absolute Gasteiger partial charge is 0.316 e. The summed E-state index contributed by atoms with van der Waals surface area (Å²) in [5.74, 6) is -0.985. The highest BCUT2D eigenvalue weighted by Gasteiger charge is 2.17. The van der Waals surface area contributed by atoms with E-state index in [2.05, 4.69) is 15.1 Å². The van der Waals surface area contributed by atoms with Gasteiger partial charge in [-0.25, -0.2) is 9.67 Å². The van der Waals surface area contributed by atoms with E-state index in [4.69, 9.17) is 16.7 Å². The van der Waals surface area contributed by atoms with Gasteiger partial charge in [0.1, 0.15) is 10.6 Å². The number of nitrogens with one attached hydrogen (secondary N) is 1. The number of thioether (sulfide) groups is 1. The predicted octanol–water partition coefficient (Wildman–Crippen LogP) is 2.33. The Bertz CT molecular complexity index is 953. The van der Waals surface area contributed by atoms with E-state index < -0.39 is 11.2 Å². The minimum atomic E-state index is -0.985. The van der Waals surface area contributed by atoms with Crippen molar-refractivity contribution in [2.24, 2.45) is 0 Å². The fraction of sp³-hybridized carbons (Fsp3) is 0.143. The van der Waals surface area contributed by atoms with Crippen LogP contribution in [0.3, 0.4) is 0 Å². The van der Waals surface area contributed by atoms with E-state index in [1.807, 2.05) is 0 Å². The molecule has 0 saturated heterocycles. The van der Waals surface area contributed by atoms with Gasteiger partial charge in [0.05, 0.1) is 11.9 Å². The van der Waals surface area contributed by atoms with E-state index in [0.717, 1.165) is 11.8 Å². The summed E-state index contributed by atoms with van der Waals surface area (Å²) in [6.07, 6.45) is 1.41. The highest BCUT2D eigenvalue weighted by molar-refractivity contribution is 8.00. The highest BCUT2D eigenvalue weighted by Crippen LogP contribution is 2.22. The number of benzene rings is 1. The Hall–Kier alpha value is -2.32. The molecule has 1 unspecified atom stereocenters. The number of H-pyrrole nitrogens is 1. The molecular formula is C14H11ClN4O3S. The minimum Gasteiger partial charge on any atom is -0.480 e. The molecule has 9 heteroatoms.